The van der Waals surface area contributed by atoms with Gasteiger partial charge in [-0.15, -0.1) is 0 Å². The molecule has 0 fully saturated rings. The van der Waals surface area contributed by atoms with E-state index in [-0.39, 0.29) is 18.4 Å². The quantitative estimate of drug-likeness (QED) is 0.862. The van der Waals surface area contributed by atoms with Crippen molar-refractivity contribution in [1.29, 1.82) is 0 Å². The van der Waals surface area contributed by atoms with Crippen molar-refractivity contribution in [3.05, 3.63) is 58.1 Å². The number of hydrogen-bond acceptors (Lipinski definition) is 2. The molecule has 1 aliphatic rings. The van der Waals surface area contributed by atoms with Crippen molar-refractivity contribution >= 4 is 39.1 Å². The van der Waals surface area contributed by atoms with Gasteiger partial charge in [0.05, 0.1) is 16.9 Å². The average Bonchev–Trinajstić information content (AvgIpc) is 2.48. The predicted molar refractivity (Wildman–Crippen MR) is 85.6 cm³/mol. The van der Waals surface area contributed by atoms with E-state index in [1.807, 2.05) is 43.3 Å². The molecule has 0 saturated carbocycles. The maximum absolute atomic E-state index is 12.8. The highest BCUT2D eigenvalue weighted by Crippen LogP contribution is 2.31. The van der Waals surface area contributed by atoms with Gasteiger partial charge in [-0.1, -0.05) is 23.8 Å². The number of rotatable bonds is 1. The SMILES string of the molecule is Cc1ccc(Br)c(C(=O)N2CC(=O)Nc3ccccc32)c1. The Hall–Kier alpha value is -2.14. The molecule has 1 heterocycles. The molecule has 0 unspecified atom stereocenters. The van der Waals surface area contributed by atoms with Crippen LogP contribution in [-0.4, -0.2) is 18.4 Å². The lowest BCUT2D eigenvalue weighted by atomic mass is 10.1. The molecule has 21 heavy (non-hydrogen) atoms. The summed E-state index contributed by atoms with van der Waals surface area (Å²) in [5.74, 6) is -0.376. The largest absolute Gasteiger partial charge is 0.323 e. The van der Waals surface area contributed by atoms with E-state index in [0.29, 0.717) is 11.3 Å². The molecular formula is C16H13BrN2O2. The summed E-state index contributed by atoms with van der Waals surface area (Å²) in [6.45, 7) is 1.95. The number of hydrogen-bond donors (Lipinski definition) is 1. The maximum Gasteiger partial charge on any atom is 0.259 e. The van der Waals surface area contributed by atoms with Crippen LogP contribution < -0.4 is 10.2 Å². The normalized spacial score (nSPS) is 13.6. The molecule has 106 valence electrons. The monoisotopic (exact) mass is 344 g/mol. The minimum absolute atomic E-state index is 0.0240. The van der Waals surface area contributed by atoms with Gasteiger partial charge in [0, 0.05) is 4.47 Å². The zero-order chi connectivity index (χ0) is 15.0. The van der Waals surface area contributed by atoms with E-state index in [1.165, 1.54) is 4.90 Å². The summed E-state index contributed by atoms with van der Waals surface area (Å²) in [5, 5.41) is 2.78. The van der Waals surface area contributed by atoms with Crippen LogP contribution in [0.3, 0.4) is 0 Å². The molecule has 1 N–H and O–H groups in total. The number of benzene rings is 2. The van der Waals surface area contributed by atoms with Crippen LogP contribution in [0.25, 0.3) is 0 Å². The molecule has 3 rings (SSSR count). The number of fused-ring (bicyclic) bond motifs is 1. The van der Waals surface area contributed by atoms with Crippen molar-refractivity contribution in [1.82, 2.24) is 0 Å². The van der Waals surface area contributed by atoms with Crippen molar-refractivity contribution in [2.45, 2.75) is 6.92 Å². The minimum Gasteiger partial charge on any atom is -0.323 e. The summed E-state index contributed by atoms with van der Waals surface area (Å²) >= 11 is 3.40. The summed E-state index contributed by atoms with van der Waals surface area (Å²) < 4.78 is 0.724. The zero-order valence-electron chi connectivity index (χ0n) is 11.4. The van der Waals surface area contributed by atoms with E-state index in [9.17, 15) is 9.59 Å². The highest BCUT2D eigenvalue weighted by Gasteiger charge is 2.28. The van der Waals surface area contributed by atoms with E-state index < -0.39 is 0 Å². The lowest BCUT2D eigenvalue weighted by Crippen LogP contribution is -2.42. The van der Waals surface area contributed by atoms with Crippen molar-refractivity contribution in [2.75, 3.05) is 16.8 Å². The lowest BCUT2D eigenvalue weighted by Gasteiger charge is -2.29. The molecule has 2 aromatic carbocycles. The van der Waals surface area contributed by atoms with Crippen molar-refractivity contribution in [2.24, 2.45) is 0 Å². The van der Waals surface area contributed by atoms with Gasteiger partial charge in [0.25, 0.3) is 5.91 Å². The molecule has 0 aliphatic carbocycles. The first-order chi connectivity index (χ1) is 10.1. The molecule has 0 aromatic heterocycles. The Morgan fingerprint density at radius 2 is 2.00 bits per heavy atom. The van der Waals surface area contributed by atoms with Crippen molar-refractivity contribution < 1.29 is 9.59 Å². The van der Waals surface area contributed by atoms with E-state index in [1.54, 1.807) is 6.07 Å². The van der Waals surface area contributed by atoms with Crippen LogP contribution in [-0.2, 0) is 4.79 Å². The number of aryl methyl sites for hydroxylation is 1. The smallest absolute Gasteiger partial charge is 0.259 e. The summed E-state index contributed by atoms with van der Waals surface area (Å²) in [6.07, 6.45) is 0. The van der Waals surface area contributed by atoms with Gasteiger partial charge in [0.2, 0.25) is 5.91 Å². The molecule has 5 heteroatoms. The fourth-order valence-corrected chi connectivity index (χ4v) is 2.78. The van der Waals surface area contributed by atoms with E-state index >= 15 is 0 Å². The Labute approximate surface area is 130 Å². The molecule has 0 bridgehead atoms. The fourth-order valence-electron chi connectivity index (χ4n) is 2.36. The highest BCUT2D eigenvalue weighted by molar-refractivity contribution is 9.10. The molecule has 0 atom stereocenters. The lowest BCUT2D eigenvalue weighted by molar-refractivity contribution is -0.115. The number of carbonyl (C=O) groups is 2. The maximum atomic E-state index is 12.8. The average molecular weight is 345 g/mol. The first-order valence-corrected chi connectivity index (χ1v) is 7.32. The zero-order valence-corrected chi connectivity index (χ0v) is 13.0. The van der Waals surface area contributed by atoms with Gasteiger partial charge in [0.1, 0.15) is 6.54 Å². The number of halogens is 1. The van der Waals surface area contributed by atoms with Gasteiger partial charge in [0.15, 0.2) is 0 Å². The van der Waals surface area contributed by atoms with Crippen molar-refractivity contribution in [3.63, 3.8) is 0 Å². The van der Waals surface area contributed by atoms with Gasteiger partial charge in [-0.2, -0.15) is 0 Å². The van der Waals surface area contributed by atoms with Crippen LogP contribution in [0.2, 0.25) is 0 Å². The van der Waals surface area contributed by atoms with Crippen LogP contribution in [0.1, 0.15) is 15.9 Å². The molecule has 2 amide bonds. The first-order valence-electron chi connectivity index (χ1n) is 6.53. The van der Waals surface area contributed by atoms with Crippen LogP contribution in [0, 0.1) is 6.92 Å². The number of carbonyl (C=O) groups excluding carboxylic acids is 2. The highest BCUT2D eigenvalue weighted by atomic mass is 79.9. The second-order valence-corrected chi connectivity index (χ2v) is 5.79. The van der Waals surface area contributed by atoms with Gasteiger partial charge in [-0.25, -0.2) is 0 Å². The molecule has 0 saturated heterocycles. The second-order valence-electron chi connectivity index (χ2n) is 4.94. The van der Waals surface area contributed by atoms with E-state index in [0.717, 1.165) is 15.7 Å². The third-order valence-electron chi connectivity index (χ3n) is 3.37. The minimum atomic E-state index is -0.189. The summed E-state index contributed by atoms with van der Waals surface area (Å²) in [4.78, 5) is 26.1. The summed E-state index contributed by atoms with van der Waals surface area (Å²) in [7, 11) is 0. The standard InChI is InChI=1S/C16H13BrN2O2/c1-10-6-7-12(17)11(8-10)16(21)19-9-15(20)18-13-4-2-3-5-14(13)19/h2-8H,9H2,1H3,(H,18,20). The Balaban J connectivity index is 2.06. The first kappa shape index (κ1) is 13.8. The Bertz CT molecular complexity index is 743. The second kappa shape index (κ2) is 5.33. The van der Waals surface area contributed by atoms with Gasteiger partial charge >= 0.3 is 0 Å². The Morgan fingerprint density at radius 3 is 2.81 bits per heavy atom. The topological polar surface area (TPSA) is 49.4 Å². The van der Waals surface area contributed by atoms with E-state index in [2.05, 4.69) is 21.2 Å². The number of nitrogens with zero attached hydrogens (tertiary/aromatic N) is 1. The van der Waals surface area contributed by atoms with Crippen LogP contribution in [0.5, 0.6) is 0 Å². The Morgan fingerprint density at radius 1 is 1.24 bits per heavy atom. The third-order valence-corrected chi connectivity index (χ3v) is 4.06. The van der Waals surface area contributed by atoms with Crippen LogP contribution in [0.4, 0.5) is 11.4 Å². The molecule has 4 nitrogen and oxygen atoms in total. The Kier molecular flexibility index (Phi) is 3.51. The molecule has 2 aromatic rings. The van der Waals surface area contributed by atoms with Crippen LogP contribution in [0.15, 0.2) is 46.9 Å². The molecular weight excluding hydrogens is 332 g/mol. The fraction of sp³-hybridized carbons (Fsp3) is 0.125. The van der Waals surface area contributed by atoms with Gasteiger partial charge < -0.3 is 5.32 Å². The third kappa shape index (κ3) is 2.56. The number of anilines is 2. The summed E-state index contributed by atoms with van der Waals surface area (Å²) in [5.41, 5.74) is 2.93. The molecule has 0 radical (unpaired) electrons. The van der Waals surface area contributed by atoms with E-state index in [4.69, 9.17) is 0 Å². The van der Waals surface area contributed by atoms with Gasteiger partial charge in [-0.3, -0.25) is 14.5 Å². The number of amides is 2. The van der Waals surface area contributed by atoms with Crippen molar-refractivity contribution in [3.8, 4) is 0 Å². The number of nitrogens with one attached hydrogen (secondary N) is 1. The predicted octanol–water partition coefficient (Wildman–Crippen LogP) is 3.36. The molecule has 1 aliphatic heterocycles. The van der Waals surface area contributed by atoms with Gasteiger partial charge in [-0.05, 0) is 47.1 Å². The number of para-hydroxylation sites is 2. The summed E-state index contributed by atoms with van der Waals surface area (Å²) in [6, 6.07) is 12.9. The van der Waals surface area contributed by atoms with Crippen LogP contribution >= 0.6 is 15.9 Å². The molecule has 0 spiro atoms.